The molecule has 3 rings (SSSR count). The summed E-state index contributed by atoms with van der Waals surface area (Å²) in [5, 5.41) is 3.35. The summed E-state index contributed by atoms with van der Waals surface area (Å²) in [6.45, 7) is 4.04. The first-order chi connectivity index (χ1) is 12.4. The van der Waals surface area contributed by atoms with Gasteiger partial charge < -0.3 is 10.2 Å². The zero-order chi connectivity index (χ0) is 18.7. The van der Waals surface area contributed by atoms with E-state index in [9.17, 15) is 18.0 Å². The Kier molecular flexibility index (Phi) is 5.27. The van der Waals surface area contributed by atoms with Crippen LogP contribution < -0.4 is 5.32 Å². The number of carbonyl (C=O) groups is 1. The zero-order valence-electron chi connectivity index (χ0n) is 14.4. The maximum atomic E-state index is 12.9. The number of aromatic nitrogens is 1. The van der Waals surface area contributed by atoms with Gasteiger partial charge in [0.05, 0.1) is 11.3 Å². The molecule has 26 heavy (non-hydrogen) atoms. The van der Waals surface area contributed by atoms with Gasteiger partial charge in [0.2, 0.25) is 0 Å². The number of nitrogens with zero attached hydrogens (tertiary/aromatic N) is 2. The van der Waals surface area contributed by atoms with Crippen molar-refractivity contribution in [2.24, 2.45) is 0 Å². The first-order valence-electron chi connectivity index (χ1n) is 8.55. The van der Waals surface area contributed by atoms with E-state index in [-0.39, 0.29) is 17.6 Å². The molecule has 1 amide bonds. The average Bonchev–Trinajstić information content (AvgIpc) is 2.67. The van der Waals surface area contributed by atoms with Gasteiger partial charge in [-0.3, -0.25) is 9.78 Å². The Bertz CT molecular complexity index is 792. The lowest BCUT2D eigenvalue weighted by Gasteiger charge is -2.33. The van der Waals surface area contributed by atoms with Crippen LogP contribution in [0.3, 0.4) is 0 Å². The van der Waals surface area contributed by atoms with Gasteiger partial charge in [-0.2, -0.15) is 13.2 Å². The molecular formula is C19H20F3N3O. The molecule has 0 aliphatic carbocycles. The molecule has 1 aromatic carbocycles. The fraction of sp³-hybridized carbons (Fsp3) is 0.368. The van der Waals surface area contributed by atoms with E-state index in [0.717, 1.165) is 31.3 Å². The Morgan fingerprint density at radius 3 is 2.85 bits per heavy atom. The molecule has 0 unspecified atom stereocenters. The monoisotopic (exact) mass is 363 g/mol. The van der Waals surface area contributed by atoms with E-state index in [4.69, 9.17) is 0 Å². The number of carbonyl (C=O) groups excluding carboxylic acids is 1. The number of piperazine rings is 1. The van der Waals surface area contributed by atoms with Gasteiger partial charge >= 0.3 is 6.18 Å². The van der Waals surface area contributed by atoms with Crippen LogP contribution in [0.1, 0.15) is 29.3 Å². The molecule has 0 radical (unpaired) electrons. The number of amides is 1. The predicted octanol–water partition coefficient (Wildman–Crippen LogP) is 3.59. The average molecular weight is 363 g/mol. The van der Waals surface area contributed by atoms with Crippen LogP contribution in [0.4, 0.5) is 13.2 Å². The summed E-state index contributed by atoms with van der Waals surface area (Å²) in [6.07, 6.45) is -2.37. The molecule has 1 saturated heterocycles. The van der Waals surface area contributed by atoms with Crippen LogP contribution in [-0.2, 0) is 6.18 Å². The fourth-order valence-electron chi connectivity index (χ4n) is 3.04. The minimum atomic E-state index is -4.43. The molecule has 1 fully saturated rings. The van der Waals surface area contributed by atoms with E-state index in [1.807, 2.05) is 0 Å². The maximum absolute atomic E-state index is 12.9. The van der Waals surface area contributed by atoms with Crippen molar-refractivity contribution in [3.63, 3.8) is 0 Å². The molecule has 2 heterocycles. The van der Waals surface area contributed by atoms with Crippen LogP contribution in [0, 0.1) is 0 Å². The van der Waals surface area contributed by atoms with E-state index >= 15 is 0 Å². The van der Waals surface area contributed by atoms with Gasteiger partial charge in [0, 0.05) is 43.0 Å². The molecule has 1 N–H and O–H groups in total. The van der Waals surface area contributed by atoms with Gasteiger partial charge in [0.25, 0.3) is 5.91 Å². The Morgan fingerprint density at radius 1 is 1.31 bits per heavy atom. The molecule has 4 nitrogen and oxygen atoms in total. The normalized spacial score (nSPS) is 18.0. The van der Waals surface area contributed by atoms with Gasteiger partial charge in [0.15, 0.2) is 0 Å². The van der Waals surface area contributed by atoms with Crippen LogP contribution in [0.15, 0.2) is 42.6 Å². The minimum absolute atomic E-state index is 0.112. The standard InChI is InChI=1S/C19H20F3N3O/c1-2-16-12-25(9-8-23-16)18(26)14-5-3-4-13(10-14)17-11-15(6-7-24-17)19(20,21)22/h3-7,10-11,16,23H,2,8-9,12H2,1H3/t16-/m0/s1. The second-order valence-electron chi connectivity index (χ2n) is 6.32. The topological polar surface area (TPSA) is 45.2 Å². The van der Waals surface area contributed by atoms with Gasteiger partial charge in [0.1, 0.15) is 0 Å². The van der Waals surface area contributed by atoms with Crippen LogP contribution in [-0.4, -0.2) is 41.5 Å². The first-order valence-corrected chi connectivity index (χ1v) is 8.55. The van der Waals surface area contributed by atoms with Crippen molar-refractivity contribution in [2.45, 2.75) is 25.6 Å². The smallest absolute Gasteiger partial charge is 0.336 e. The highest BCUT2D eigenvalue weighted by molar-refractivity contribution is 5.95. The van der Waals surface area contributed by atoms with Crippen molar-refractivity contribution in [3.8, 4) is 11.3 Å². The highest BCUT2D eigenvalue weighted by Gasteiger charge is 2.31. The maximum Gasteiger partial charge on any atom is 0.416 e. The number of pyridine rings is 1. The predicted molar refractivity (Wildman–Crippen MR) is 92.7 cm³/mol. The van der Waals surface area contributed by atoms with Crippen molar-refractivity contribution < 1.29 is 18.0 Å². The number of hydrogen-bond acceptors (Lipinski definition) is 3. The number of halogens is 3. The summed E-state index contributed by atoms with van der Waals surface area (Å²) in [6, 6.07) is 8.82. The molecule has 138 valence electrons. The Morgan fingerprint density at radius 2 is 2.12 bits per heavy atom. The molecule has 0 bridgehead atoms. The number of rotatable bonds is 3. The summed E-state index contributed by atoms with van der Waals surface area (Å²) >= 11 is 0. The van der Waals surface area contributed by atoms with Gasteiger partial charge in [-0.05, 0) is 30.7 Å². The van der Waals surface area contributed by atoms with Gasteiger partial charge in [-0.15, -0.1) is 0 Å². The van der Waals surface area contributed by atoms with E-state index < -0.39 is 11.7 Å². The molecule has 1 aliphatic rings. The van der Waals surface area contributed by atoms with Crippen LogP contribution >= 0.6 is 0 Å². The quantitative estimate of drug-likeness (QED) is 0.906. The third-order valence-corrected chi connectivity index (χ3v) is 4.53. The summed E-state index contributed by atoms with van der Waals surface area (Å²) in [4.78, 5) is 18.6. The Hall–Kier alpha value is -2.41. The lowest BCUT2D eigenvalue weighted by molar-refractivity contribution is -0.137. The summed E-state index contributed by atoms with van der Waals surface area (Å²) < 4.78 is 38.7. The SMILES string of the molecule is CC[C@H]1CN(C(=O)c2cccc(-c3cc(C(F)(F)F)ccn3)c2)CCN1. The summed E-state index contributed by atoms with van der Waals surface area (Å²) in [5.41, 5.74) is 0.385. The van der Waals surface area contributed by atoms with E-state index in [0.29, 0.717) is 24.2 Å². The molecule has 1 aliphatic heterocycles. The second-order valence-corrected chi connectivity index (χ2v) is 6.32. The van der Waals surface area contributed by atoms with Gasteiger partial charge in [-0.1, -0.05) is 19.1 Å². The van der Waals surface area contributed by atoms with Gasteiger partial charge in [-0.25, -0.2) is 0 Å². The molecule has 2 aromatic rings. The van der Waals surface area contributed by atoms with Crippen LogP contribution in [0.25, 0.3) is 11.3 Å². The minimum Gasteiger partial charge on any atom is -0.336 e. The van der Waals surface area contributed by atoms with E-state index in [2.05, 4.69) is 17.2 Å². The number of nitrogens with one attached hydrogen (secondary N) is 1. The highest BCUT2D eigenvalue weighted by atomic mass is 19.4. The molecule has 0 saturated carbocycles. The van der Waals surface area contributed by atoms with Crippen LogP contribution in [0.2, 0.25) is 0 Å². The lowest BCUT2D eigenvalue weighted by atomic mass is 10.0. The number of benzene rings is 1. The third kappa shape index (κ3) is 4.04. The van der Waals surface area contributed by atoms with Crippen molar-refractivity contribution >= 4 is 5.91 Å². The highest BCUT2D eigenvalue weighted by Crippen LogP contribution is 2.31. The largest absolute Gasteiger partial charge is 0.416 e. The van der Waals surface area contributed by atoms with Crippen molar-refractivity contribution in [1.29, 1.82) is 0 Å². The number of hydrogen-bond donors (Lipinski definition) is 1. The first kappa shape index (κ1) is 18.4. The summed E-state index contributed by atoms with van der Waals surface area (Å²) in [7, 11) is 0. The Labute approximate surface area is 150 Å². The third-order valence-electron chi connectivity index (χ3n) is 4.53. The molecule has 0 spiro atoms. The zero-order valence-corrected chi connectivity index (χ0v) is 14.4. The van der Waals surface area contributed by atoms with Crippen molar-refractivity contribution in [2.75, 3.05) is 19.6 Å². The number of alkyl halides is 3. The molecule has 7 heteroatoms. The van der Waals surface area contributed by atoms with Crippen molar-refractivity contribution in [3.05, 3.63) is 53.7 Å². The Balaban J connectivity index is 1.86. The molecular weight excluding hydrogens is 343 g/mol. The second kappa shape index (κ2) is 7.45. The summed E-state index contributed by atoms with van der Waals surface area (Å²) in [5.74, 6) is -0.112. The van der Waals surface area contributed by atoms with E-state index in [1.54, 1.807) is 29.2 Å². The molecule has 1 aromatic heterocycles. The van der Waals surface area contributed by atoms with Crippen molar-refractivity contribution in [1.82, 2.24) is 15.2 Å². The molecule has 1 atom stereocenters. The van der Waals surface area contributed by atoms with Crippen LogP contribution in [0.5, 0.6) is 0 Å². The lowest BCUT2D eigenvalue weighted by Crippen LogP contribution is -2.52. The van der Waals surface area contributed by atoms with E-state index in [1.165, 1.54) is 0 Å². The fourth-order valence-corrected chi connectivity index (χ4v) is 3.04.